The van der Waals surface area contributed by atoms with Crippen molar-refractivity contribution in [3.8, 4) is 0 Å². The minimum atomic E-state index is 0.0227. The van der Waals surface area contributed by atoms with Crippen molar-refractivity contribution in [1.29, 1.82) is 0 Å². The second kappa shape index (κ2) is 7.41. The summed E-state index contributed by atoms with van der Waals surface area (Å²) in [6.07, 6.45) is 0. The second-order valence-corrected chi connectivity index (χ2v) is 7.80. The standard InChI is InChI=1S/C14H24ClN3OS/c1-14(2,9-16)10-17(3)8-13(19)18(4)7-11-5-6-12(15)20-11/h5-6H,7-10,16H2,1-4H3. The van der Waals surface area contributed by atoms with Crippen LogP contribution in [0.25, 0.3) is 0 Å². The first kappa shape index (κ1) is 17.4. The van der Waals surface area contributed by atoms with Gasteiger partial charge >= 0.3 is 0 Å². The average Bonchev–Trinajstić information content (AvgIpc) is 2.73. The number of rotatable bonds is 7. The molecule has 0 radical (unpaired) electrons. The molecular formula is C14H24ClN3OS. The molecule has 1 heterocycles. The molecule has 0 atom stereocenters. The molecule has 20 heavy (non-hydrogen) atoms. The summed E-state index contributed by atoms with van der Waals surface area (Å²) in [5, 5.41) is 0. The fourth-order valence-corrected chi connectivity index (χ4v) is 3.10. The van der Waals surface area contributed by atoms with E-state index in [9.17, 15) is 4.79 Å². The van der Waals surface area contributed by atoms with Gasteiger partial charge in [0.05, 0.1) is 17.4 Å². The van der Waals surface area contributed by atoms with Gasteiger partial charge in [-0.1, -0.05) is 25.4 Å². The SMILES string of the molecule is CN(CC(=O)N(C)Cc1ccc(Cl)s1)CC(C)(C)CN. The molecular weight excluding hydrogens is 294 g/mol. The van der Waals surface area contributed by atoms with E-state index in [4.69, 9.17) is 17.3 Å². The fourth-order valence-electron chi connectivity index (χ4n) is 1.96. The highest BCUT2D eigenvalue weighted by molar-refractivity contribution is 7.16. The molecule has 0 aromatic carbocycles. The van der Waals surface area contributed by atoms with E-state index in [2.05, 4.69) is 13.8 Å². The van der Waals surface area contributed by atoms with Crippen LogP contribution in [0.15, 0.2) is 12.1 Å². The van der Waals surface area contributed by atoms with Gasteiger partial charge in [-0.25, -0.2) is 0 Å². The maximum absolute atomic E-state index is 12.2. The number of likely N-dealkylation sites (N-methyl/N-ethyl adjacent to an activating group) is 2. The maximum Gasteiger partial charge on any atom is 0.236 e. The van der Waals surface area contributed by atoms with Crippen molar-refractivity contribution in [3.63, 3.8) is 0 Å². The van der Waals surface area contributed by atoms with Crippen molar-refractivity contribution in [1.82, 2.24) is 9.80 Å². The number of amides is 1. The number of nitrogens with two attached hydrogens (primary N) is 1. The third kappa shape index (κ3) is 5.79. The van der Waals surface area contributed by atoms with Crippen LogP contribution in [0, 0.1) is 5.41 Å². The van der Waals surface area contributed by atoms with Crippen LogP contribution in [0.2, 0.25) is 4.34 Å². The topological polar surface area (TPSA) is 49.6 Å². The minimum Gasteiger partial charge on any atom is -0.340 e. The van der Waals surface area contributed by atoms with Crippen molar-refractivity contribution < 1.29 is 4.79 Å². The lowest BCUT2D eigenvalue weighted by molar-refractivity contribution is -0.131. The van der Waals surface area contributed by atoms with Gasteiger partial charge in [0, 0.05) is 18.5 Å². The Morgan fingerprint density at radius 2 is 2.05 bits per heavy atom. The second-order valence-electron chi connectivity index (χ2n) is 6.00. The van der Waals surface area contributed by atoms with Crippen LogP contribution in [0.1, 0.15) is 18.7 Å². The number of carbonyl (C=O) groups is 1. The highest BCUT2D eigenvalue weighted by atomic mass is 35.5. The van der Waals surface area contributed by atoms with Gasteiger partial charge < -0.3 is 10.6 Å². The molecule has 0 fully saturated rings. The number of hydrogen-bond donors (Lipinski definition) is 1. The van der Waals surface area contributed by atoms with Crippen LogP contribution in [0.5, 0.6) is 0 Å². The van der Waals surface area contributed by atoms with Crippen LogP contribution in [0.3, 0.4) is 0 Å². The van der Waals surface area contributed by atoms with E-state index < -0.39 is 0 Å². The van der Waals surface area contributed by atoms with Gasteiger partial charge in [-0.05, 0) is 31.1 Å². The number of carbonyl (C=O) groups excluding carboxylic acids is 1. The first-order valence-corrected chi connectivity index (χ1v) is 7.80. The Balaban J connectivity index is 2.45. The molecule has 1 amide bonds. The van der Waals surface area contributed by atoms with E-state index in [1.54, 1.807) is 4.90 Å². The summed E-state index contributed by atoms with van der Waals surface area (Å²) in [5.74, 6) is 0.102. The summed E-state index contributed by atoms with van der Waals surface area (Å²) >= 11 is 7.40. The lowest BCUT2D eigenvalue weighted by Gasteiger charge is -2.29. The van der Waals surface area contributed by atoms with Gasteiger partial charge in [-0.3, -0.25) is 9.69 Å². The molecule has 0 bridgehead atoms. The van der Waals surface area contributed by atoms with Crippen LogP contribution in [-0.4, -0.2) is 49.4 Å². The van der Waals surface area contributed by atoms with E-state index in [0.29, 0.717) is 19.6 Å². The molecule has 2 N–H and O–H groups in total. The third-order valence-corrected chi connectivity index (χ3v) is 4.32. The average molecular weight is 318 g/mol. The zero-order valence-electron chi connectivity index (χ0n) is 12.6. The van der Waals surface area contributed by atoms with Crippen molar-refractivity contribution in [2.45, 2.75) is 20.4 Å². The van der Waals surface area contributed by atoms with Crippen molar-refractivity contribution >= 4 is 28.8 Å². The lowest BCUT2D eigenvalue weighted by atomic mass is 9.93. The van der Waals surface area contributed by atoms with E-state index >= 15 is 0 Å². The number of nitrogens with zero attached hydrogens (tertiary/aromatic N) is 2. The summed E-state index contributed by atoms with van der Waals surface area (Å²) in [7, 11) is 3.77. The Morgan fingerprint density at radius 1 is 1.40 bits per heavy atom. The first-order valence-electron chi connectivity index (χ1n) is 6.60. The lowest BCUT2D eigenvalue weighted by Crippen LogP contribution is -2.42. The Hall–Kier alpha value is -0.620. The Labute approximate surface area is 130 Å². The minimum absolute atomic E-state index is 0.0227. The number of thiophene rings is 1. The van der Waals surface area contributed by atoms with E-state index in [0.717, 1.165) is 15.8 Å². The molecule has 114 valence electrons. The van der Waals surface area contributed by atoms with Crippen LogP contribution >= 0.6 is 22.9 Å². The molecule has 0 aliphatic carbocycles. The van der Waals surface area contributed by atoms with Gasteiger partial charge in [-0.2, -0.15) is 0 Å². The molecule has 4 nitrogen and oxygen atoms in total. The molecule has 0 spiro atoms. The number of hydrogen-bond acceptors (Lipinski definition) is 4. The van der Waals surface area contributed by atoms with Crippen molar-refractivity contribution in [2.75, 3.05) is 33.7 Å². The van der Waals surface area contributed by atoms with Crippen LogP contribution < -0.4 is 5.73 Å². The third-order valence-electron chi connectivity index (χ3n) is 3.10. The summed E-state index contributed by atoms with van der Waals surface area (Å²) in [6.45, 7) is 6.61. The maximum atomic E-state index is 12.2. The van der Waals surface area contributed by atoms with Gasteiger partial charge in [0.25, 0.3) is 0 Å². The number of halogens is 1. The summed E-state index contributed by atoms with van der Waals surface area (Å²) in [5.41, 5.74) is 5.74. The Morgan fingerprint density at radius 3 is 2.55 bits per heavy atom. The summed E-state index contributed by atoms with van der Waals surface area (Å²) in [6, 6.07) is 3.81. The predicted molar refractivity (Wildman–Crippen MR) is 86.1 cm³/mol. The molecule has 6 heteroatoms. The summed E-state index contributed by atoms with van der Waals surface area (Å²) < 4.78 is 0.752. The zero-order chi connectivity index (χ0) is 15.3. The van der Waals surface area contributed by atoms with Gasteiger partial charge in [0.2, 0.25) is 5.91 Å². The van der Waals surface area contributed by atoms with Crippen LogP contribution in [-0.2, 0) is 11.3 Å². The molecule has 1 aromatic heterocycles. The first-order chi connectivity index (χ1) is 9.23. The van der Waals surface area contributed by atoms with E-state index in [-0.39, 0.29) is 11.3 Å². The molecule has 1 rings (SSSR count). The molecule has 0 aliphatic rings. The van der Waals surface area contributed by atoms with Crippen LogP contribution in [0.4, 0.5) is 0 Å². The highest BCUT2D eigenvalue weighted by Gasteiger charge is 2.20. The molecule has 0 aliphatic heterocycles. The van der Waals surface area contributed by atoms with Crippen molar-refractivity contribution in [2.24, 2.45) is 11.1 Å². The summed E-state index contributed by atoms with van der Waals surface area (Å²) in [4.78, 5) is 17.0. The van der Waals surface area contributed by atoms with Crippen molar-refractivity contribution in [3.05, 3.63) is 21.3 Å². The molecule has 0 saturated carbocycles. The van der Waals surface area contributed by atoms with E-state index in [1.165, 1.54) is 11.3 Å². The quantitative estimate of drug-likeness (QED) is 0.839. The molecule has 1 aromatic rings. The Bertz CT molecular complexity index is 447. The molecule has 0 unspecified atom stereocenters. The largest absolute Gasteiger partial charge is 0.340 e. The predicted octanol–water partition coefficient (Wildman–Crippen LogP) is 2.28. The fraction of sp³-hybridized carbons (Fsp3) is 0.643. The van der Waals surface area contributed by atoms with Gasteiger partial charge in [0.15, 0.2) is 0 Å². The smallest absolute Gasteiger partial charge is 0.236 e. The normalized spacial score (nSPS) is 11.9. The van der Waals surface area contributed by atoms with Gasteiger partial charge in [0.1, 0.15) is 0 Å². The zero-order valence-corrected chi connectivity index (χ0v) is 14.2. The monoisotopic (exact) mass is 317 g/mol. The molecule has 0 saturated heterocycles. The van der Waals surface area contributed by atoms with Gasteiger partial charge in [-0.15, -0.1) is 11.3 Å². The highest BCUT2D eigenvalue weighted by Crippen LogP contribution is 2.22. The van der Waals surface area contributed by atoms with E-state index in [1.807, 2.05) is 31.1 Å². The Kier molecular flexibility index (Phi) is 6.45.